The largest absolute Gasteiger partial charge is 0.378 e. The van der Waals surface area contributed by atoms with Gasteiger partial charge >= 0.3 is 0 Å². The molecule has 0 saturated heterocycles. The first-order valence-corrected chi connectivity index (χ1v) is 8.17. The molecular formula is C18H30N2O. The van der Waals surface area contributed by atoms with E-state index in [0.29, 0.717) is 12.1 Å². The molecular weight excluding hydrogens is 260 g/mol. The first-order chi connectivity index (χ1) is 10.0. The van der Waals surface area contributed by atoms with E-state index in [-0.39, 0.29) is 0 Å². The summed E-state index contributed by atoms with van der Waals surface area (Å²) in [4.78, 5) is 0. The van der Waals surface area contributed by atoms with Crippen molar-refractivity contribution in [1.82, 2.24) is 5.43 Å². The van der Waals surface area contributed by atoms with Crippen LogP contribution in [0.15, 0.2) is 12.1 Å². The number of hydrogen-bond donors (Lipinski definition) is 2. The monoisotopic (exact) mass is 290 g/mol. The number of hydrazine groups is 1. The van der Waals surface area contributed by atoms with Crippen molar-refractivity contribution in [2.75, 3.05) is 6.61 Å². The van der Waals surface area contributed by atoms with Crippen molar-refractivity contribution >= 4 is 0 Å². The summed E-state index contributed by atoms with van der Waals surface area (Å²) in [7, 11) is 0. The molecule has 0 amide bonds. The predicted molar refractivity (Wildman–Crippen MR) is 88.2 cm³/mol. The summed E-state index contributed by atoms with van der Waals surface area (Å²) < 4.78 is 5.64. The minimum Gasteiger partial charge on any atom is -0.378 e. The molecule has 3 nitrogen and oxygen atoms in total. The summed E-state index contributed by atoms with van der Waals surface area (Å²) >= 11 is 0. The van der Waals surface area contributed by atoms with Crippen LogP contribution in [0.25, 0.3) is 0 Å². The van der Waals surface area contributed by atoms with Gasteiger partial charge in [-0.1, -0.05) is 17.7 Å². The molecule has 3 N–H and O–H groups in total. The van der Waals surface area contributed by atoms with E-state index < -0.39 is 0 Å². The van der Waals surface area contributed by atoms with Gasteiger partial charge in [0.1, 0.15) is 0 Å². The average molecular weight is 290 g/mol. The molecule has 1 aliphatic rings. The van der Waals surface area contributed by atoms with E-state index in [1.807, 2.05) is 0 Å². The third-order valence-electron chi connectivity index (χ3n) is 4.74. The van der Waals surface area contributed by atoms with Gasteiger partial charge in [0.2, 0.25) is 0 Å². The van der Waals surface area contributed by atoms with E-state index in [4.69, 9.17) is 10.6 Å². The molecule has 1 aromatic rings. The lowest BCUT2D eigenvalue weighted by Gasteiger charge is -2.37. The molecule has 1 fully saturated rings. The molecule has 0 spiro atoms. The Morgan fingerprint density at radius 2 is 1.86 bits per heavy atom. The molecule has 0 aromatic heterocycles. The Morgan fingerprint density at radius 3 is 2.38 bits per heavy atom. The van der Waals surface area contributed by atoms with E-state index in [1.165, 1.54) is 35.1 Å². The first-order valence-electron chi connectivity index (χ1n) is 8.17. The molecule has 0 heterocycles. The molecule has 0 aliphatic heterocycles. The van der Waals surface area contributed by atoms with Crippen LogP contribution in [-0.4, -0.2) is 18.8 Å². The molecule has 1 saturated carbocycles. The second kappa shape index (κ2) is 7.39. The van der Waals surface area contributed by atoms with E-state index in [0.717, 1.165) is 25.4 Å². The lowest BCUT2D eigenvalue weighted by Crippen LogP contribution is -2.42. The van der Waals surface area contributed by atoms with Crippen molar-refractivity contribution in [1.29, 1.82) is 0 Å². The van der Waals surface area contributed by atoms with Crippen molar-refractivity contribution in [3.63, 3.8) is 0 Å². The number of nitrogens with one attached hydrogen (secondary N) is 1. The summed E-state index contributed by atoms with van der Waals surface area (Å²) in [5, 5.41) is 0. The van der Waals surface area contributed by atoms with Gasteiger partial charge in [-0.3, -0.25) is 11.3 Å². The summed E-state index contributed by atoms with van der Waals surface area (Å²) in [5.41, 5.74) is 8.58. The topological polar surface area (TPSA) is 47.3 Å². The van der Waals surface area contributed by atoms with Gasteiger partial charge in [-0.05, 0) is 76.0 Å². The number of hydrogen-bond acceptors (Lipinski definition) is 3. The molecule has 1 aliphatic carbocycles. The molecule has 0 bridgehead atoms. The molecule has 1 aromatic carbocycles. The van der Waals surface area contributed by atoms with Gasteiger partial charge in [0, 0.05) is 12.6 Å². The first kappa shape index (κ1) is 16.5. The van der Waals surface area contributed by atoms with Gasteiger partial charge in [0.25, 0.3) is 0 Å². The quantitative estimate of drug-likeness (QED) is 0.599. The second-order valence-corrected chi connectivity index (χ2v) is 6.60. The van der Waals surface area contributed by atoms with Crippen molar-refractivity contribution in [3.8, 4) is 0 Å². The zero-order chi connectivity index (χ0) is 15.4. The van der Waals surface area contributed by atoms with Gasteiger partial charge in [-0.25, -0.2) is 0 Å². The number of ether oxygens (including phenoxy) is 1. The van der Waals surface area contributed by atoms with E-state index in [1.54, 1.807) is 0 Å². The lowest BCUT2D eigenvalue weighted by molar-refractivity contribution is -0.0290. The maximum atomic E-state index is 5.79. The van der Waals surface area contributed by atoms with Crippen molar-refractivity contribution in [3.05, 3.63) is 34.4 Å². The van der Waals surface area contributed by atoms with Gasteiger partial charge in [-0.15, -0.1) is 0 Å². The molecule has 1 atom stereocenters. The molecule has 3 heteroatoms. The van der Waals surface area contributed by atoms with Crippen LogP contribution in [0, 0.1) is 26.7 Å². The number of nitrogens with two attached hydrogens (primary N) is 1. The maximum Gasteiger partial charge on any atom is 0.0580 e. The van der Waals surface area contributed by atoms with E-state index in [9.17, 15) is 0 Å². The third kappa shape index (κ3) is 4.29. The number of rotatable bonds is 7. The zero-order valence-corrected chi connectivity index (χ0v) is 13.9. The van der Waals surface area contributed by atoms with Crippen LogP contribution in [0.5, 0.6) is 0 Å². The smallest absolute Gasteiger partial charge is 0.0580 e. The van der Waals surface area contributed by atoms with Gasteiger partial charge in [-0.2, -0.15) is 0 Å². The molecule has 118 valence electrons. The van der Waals surface area contributed by atoms with Gasteiger partial charge < -0.3 is 4.74 Å². The van der Waals surface area contributed by atoms with E-state index in [2.05, 4.69) is 45.3 Å². The lowest BCUT2D eigenvalue weighted by atomic mass is 9.77. The van der Waals surface area contributed by atoms with Crippen molar-refractivity contribution in [2.24, 2.45) is 11.8 Å². The zero-order valence-electron chi connectivity index (χ0n) is 13.9. The van der Waals surface area contributed by atoms with Crippen LogP contribution in [0.2, 0.25) is 0 Å². The third-order valence-corrected chi connectivity index (χ3v) is 4.74. The van der Waals surface area contributed by atoms with Crippen LogP contribution in [0.3, 0.4) is 0 Å². The maximum absolute atomic E-state index is 5.79. The highest BCUT2D eigenvalue weighted by atomic mass is 16.5. The summed E-state index contributed by atoms with van der Waals surface area (Å²) in [5.74, 6) is 6.55. The van der Waals surface area contributed by atoms with E-state index >= 15 is 0 Å². The van der Waals surface area contributed by atoms with Crippen LogP contribution < -0.4 is 11.3 Å². The Balaban J connectivity index is 1.91. The Hall–Kier alpha value is -0.900. The van der Waals surface area contributed by atoms with Crippen molar-refractivity contribution in [2.45, 2.75) is 65.5 Å². The fraction of sp³-hybridized carbons (Fsp3) is 0.667. The summed E-state index contributed by atoms with van der Waals surface area (Å²) in [6.07, 6.45) is 5.04. The predicted octanol–water partition coefficient (Wildman–Crippen LogP) is 3.19. The van der Waals surface area contributed by atoms with Crippen LogP contribution in [0.1, 0.15) is 48.4 Å². The van der Waals surface area contributed by atoms with Crippen molar-refractivity contribution < 1.29 is 4.74 Å². The Morgan fingerprint density at radius 1 is 1.24 bits per heavy atom. The van der Waals surface area contributed by atoms with Crippen LogP contribution in [0.4, 0.5) is 0 Å². The normalized spacial score (nSPS) is 22.9. The fourth-order valence-corrected chi connectivity index (χ4v) is 3.63. The standard InChI is InChI=1S/C18H30N2O/c1-5-21-17-9-15(10-17)8-16(20-19)11-18-13(3)6-12(2)7-14(18)4/h6-7,15-17,20H,5,8-11,19H2,1-4H3. The Labute approximate surface area is 129 Å². The highest BCUT2D eigenvalue weighted by Gasteiger charge is 2.31. The van der Waals surface area contributed by atoms with Crippen LogP contribution >= 0.6 is 0 Å². The summed E-state index contributed by atoms with van der Waals surface area (Å²) in [6, 6.07) is 4.90. The second-order valence-electron chi connectivity index (χ2n) is 6.60. The average Bonchev–Trinajstić information content (AvgIpc) is 2.38. The molecule has 0 radical (unpaired) electrons. The number of benzene rings is 1. The van der Waals surface area contributed by atoms with Crippen LogP contribution in [-0.2, 0) is 11.2 Å². The minimum atomic E-state index is 0.359. The SMILES string of the molecule is CCOC1CC(CC(Cc2c(C)cc(C)cc2C)NN)C1. The Kier molecular flexibility index (Phi) is 5.80. The van der Waals surface area contributed by atoms with Gasteiger partial charge in [0.05, 0.1) is 6.10 Å². The Bertz CT molecular complexity index is 443. The molecule has 21 heavy (non-hydrogen) atoms. The highest BCUT2D eigenvalue weighted by molar-refractivity contribution is 5.38. The fourth-order valence-electron chi connectivity index (χ4n) is 3.63. The minimum absolute atomic E-state index is 0.359. The van der Waals surface area contributed by atoms with Gasteiger partial charge in [0.15, 0.2) is 0 Å². The summed E-state index contributed by atoms with van der Waals surface area (Å²) in [6.45, 7) is 9.47. The molecule has 1 unspecified atom stereocenters. The number of aryl methyl sites for hydroxylation is 3. The molecule has 2 rings (SSSR count). The highest BCUT2D eigenvalue weighted by Crippen LogP contribution is 2.34.